The van der Waals surface area contributed by atoms with Gasteiger partial charge in [-0.1, -0.05) is 26.2 Å². The Morgan fingerprint density at radius 3 is 2.56 bits per heavy atom. The van der Waals surface area contributed by atoms with Gasteiger partial charge in [0, 0.05) is 13.6 Å². The van der Waals surface area contributed by atoms with E-state index >= 15 is 0 Å². The molecule has 0 aliphatic carbocycles. The Morgan fingerprint density at radius 1 is 1.16 bits per heavy atom. The molecule has 0 aliphatic rings. The van der Waals surface area contributed by atoms with Crippen molar-refractivity contribution in [2.45, 2.75) is 45.3 Å². The number of hydrogen-bond acceptors (Lipinski definition) is 7. The molecule has 2 aromatic heterocycles. The van der Waals surface area contributed by atoms with Gasteiger partial charge >= 0.3 is 5.69 Å². The minimum Gasteiger partial charge on any atom is -0.497 e. The van der Waals surface area contributed by atoms with Gasteiger partial charge in [-0.05, 0) is 30.7 Å². The van der Waals surface area contributed by atoms with Crippen molar-refractivity contribution in [3.8, 4) is 11.5 Å². The van der Waals surface area contributed by atoms with Crippen molar-refractivity contribution in [1.82, 2.24) is 19.1 Å². The number of benzene rings is 1. The molecule has 2 heterocycles. The van der Waals surface area contributed by atoms with Gasteiger partial charge in [-0.25, -0.2) is 4.79 Å². The Kier molecular flexibility index (Phi) is 7.93. The average Bonchev–Trinajstić information content (AvgIpc) is 3.15. The molecule has 1 aromatic carbocycles. The molecule has 1 atom stereocenters. The zero-order valence-electron chi connectivity index (χ0n) is 18.8. The highest BCUT2D eigenvalue weighted by Gasteiger charge is 2.19. The summed E-state index contributed by atoms with van der Waals surface area (Å²) in [5.41, 5.74) is -0.590. The van der Waals surface area contributed by atoms with E-state index < -0.39 is 17.4 Å². The second kappa shape index (κ2) is 10.9. The number of H-pyrrole nitrogens is 1. The van der Waals surface area contributed by atoms with Crippen LogP contribution in [0.1, 0.15) is 32.6 Å². The highest BCUT2D eigenvalue weighted by molar-refractivity contribution is 5.74. The molecule has 0 saturated heterocycles. The fraction of sp³-hybridized carbons (Fsp3) is 0.500. The number of nitrogens with zero attached hydrogens (tertiary/aromatic N) is 3. The van der Waals surface area contributed by atoms with Crippen LogP contribution in [0.2, 0.25) is 0 Å². The zero-order valence-corrected chi connectivity index (χ0v) is 18.8. The van der Waals surface area contributed by atoms with Crippen molar-refractivity contribution in [3.05, 3.63) is 45.1 Å². The fourth-order valence-electron chi connectivity index (χ4n) is 3.43. The van der Waals surface area contributed by atoms with E-state index in [1.165, 1.54) is 4.57 Å². The maximum absolute atomic E-state index is 12.5. The van der Waals surface area contributed by atoms with Crippen molar-refractivity contribution >= 4 is 17.1 Å². The van der Waals surface area contributed by atoms with E-state index in [9.17, 15) is 14.7 Å². The standard InChI is InChI=1S/C22H31N5O5/c1-4-5-6-7-12-23-21-24-19-18(20(29)25-22(30)26(19)2)27(21)13-15(28)14-32-17-10-8-16(31-3)9-11-17/h8-11,15,28H,4-7,12-14H2,1-3H3,(H,23,24)(H,25,29,30)/t15-/m0/s1. The van der Waals surface area contributed by atoms with E-state index in [-0.39, 0.29) is 24.3 Å². The lowest BCUT2D eigenvalue weighted by molar-refractivity contribution is 0.0938. The number of aliphatic hydroxyl groups excluding tert-OH is 1. The third-order valence-electron chi connectivity index (χ3n) is 5.22. The molecule has 0 aliphatic heterocycles. The van der Waals surface area contributed by atoms with E-state index in [0.717, 1.165) is 25.7 Å². The molecule has 3 aromatic rings. The summed E-state index contributed by atoms with van der Waals surface area (Å²) in [7, 11) is 3.13. The summed E-state index contributed by atoms with van der Waals surface area (Å²) in [4.78, 5) is 31.3. The molecule has 10 heteroatoms. The van der Waals surface area contributed by atoms with Crippen LogP contribution in [0.15, 0.2) is 33.9 Å². The van der Waals surface area contributed by atoms with Crippen LogP contribution >= 0.6 is 0 Å². The maximum atomic E-state index is 12.5. The first-order valence-corrected chi connectivity index (χ1v) is 10.8. The first kappa shape index (κ1) is 23.4. The summed E-state index contributed by atoms with van der Waals surface area (Å²) in [5.74, 6) is 1.74. The lowest BCUT2D eigenvalue weighted by Gasteiger charge is -2.16. The Balaban J connectivity index is 1.78. The zero-order chi connectivity index (χ0) is 23.1. The maximum Gasteiger partial charge on any atom is 0.329 e. The van der Waals surface area contributed by atoms with Crippen LogP contribution in [0, 0.1) is 0 Å². The number of unbranched alkanes of at least 4 members (excludes halogenated alkanes) is 3. The van der Waals surface area contributed by atoms with Crippen molar-refractivity contribution in [2.75, 3.05) is 25.6 Å². The van der Waals surface area contributed by atoms with Crippen molar-refractivity contribution in [2.24, 2.45) is 7.05 Å². The van der Waals surface area contributed by atoms with Crippen LogP contribution < -0.4 is 26.0 Å². The number of anilines is 1. The third-order valence-corrected chi connectivity index (χ3v) is 5.22. The number of methoxy groups -OCH3 is 1. The number of aliphatic hydroxyl groups is 1. The van der Waals surface area contributed by atoms with Gasteiger partial charge < -0.3 is 24.5 Å². The summed E-state index contributed by atoms with van der Waals surface area (Å²) >= 11 is 0. The topological polar surface area (TPSA) is 123 Å². The predicted octanol–water partition coefficient (Wildman–Crippen LogP) is 1.86. The molecular weight excluding hydrogens is 414 g/mol. The van der Waals surface area contributed by atoms with Gasteiger partial charge in [0.1, 0.15) is 24.2 Å². The quantitative estimate of drug-likeness (QED) is 0.364. The van der Waals surface area contributed by atoms with Gasteiger partial charge in [-0.2, -0.15) is 4.98 Å². The summed E-state index contributed by atoms with van der Waals surface area (Å²) in [6.45, 7) is 2.92. The van der Waals surface area contributed by atoms with Crippen molar-refractivity contribution < 1.29 is 14.6 Å². The summed E-state index contributed by atoms with van der Waals surface area (Å²) < 4.78 is 13.7. The molecular formula is C22H31N5O5. The highest BCUT2D eigenvalue weighted by atomic mass is 16.5. The fourth-order valence-corrected chi connectivity index (χ4v) is 3.43. The number of ether oxygens (including phenoxy) is 2. The molecule has 0 spiro atoms. The minimum absolute atomic E-state index is 0.0195. The molecule has 0 fully saturated rings. The van der Waals surface area contributed by atoms with E-state index in [0.29, 0.717) is 24.0 Å². The van der Waals surface area contributed by atoms with Crippen LogP contribution in [0.25, 0.3) is 11.2 Å². The van der Waals surface area contributed by atoms with E-state index in [1.807, 2.05) is 0 Å². The Hall–Kier alpha value is -3.27. The van der Waals surface area contributed by atoms with Crippen LogP contribution in [0.4, 0.5) is 5.95 Å². The molecule has 0 radical (unpaired) electrons. The molecule has 0 unspecified atom stereocenters. The van der Waals surface area contributed by atoms with Crippen LogP contribution in [0.3, 0.4) is 0 Å². The van der Waals surface area contributed by atoms with Crippen molar-refractivity contribution in [1.29, 1.82) is 0 Å². The van der Waals surface area contributed by atoms with Gasteiger partial charge in [0.15, 0.2) is 11.2 Å². The SMILES string of the molecule is CCCCCCNc1nc2c(c(=O)[nH]c(=O)n2C)n1C[C@H](O)COc1ccc(OC)cc1. The number of fused-ring (bicyclic) bond motifs is 1. The largest absolute Gasteiger partial charge is 0.497 e. The number of imidazole rings is 1. The lowest BCUT2D eigenvalue weighted by atomic mass is 10.2. The molecule has 0 amide bonds. The average molecular weight is 446 g/mol. The number of nitrogens with one attached hydrogen (secondary N) is 2. The van der Waals surface area contributed by atoms with Gasteiger partial charge in [0.2, 0.25) is 5.95 Å². The van der Waals surface area contributed by atoms with E-state index in [4.69, 9.17) is 9.47 Å². The second-order valence-corrected chi connectivity index (χ2v) is 7.66. The number of aryl methyl sites for hydroxylation is 1. The highest BCUT2D eigenvalue weighted by Crippen LogP contribution is 2.19. The normalized spacial score (nSPS) is 12.1. The Labute approximate surface area is 185 Å². The van der Waals surface area contributed by atoms with Gasteiger partial charge in [-0.15, -0.1) is 0 Å². The number of aromatic amines is 1. The number of rotatable bonds is 12. The molecule has 174 valence electrons. The van der Waals surface area contributed by atoms with Crippen molar-refractivity contribution in [3.63, 3.8) is 0 Å². The minimum atomic E-state index is -0.910. The molecule has 0 bridgehead atoms. The smallest absolute Gasteiger partial charge is 0.329 e. The van der Waals surface area contributed by atoms with Crippen LogP contribution in [-0.4, -0.2) is 50.6 Å². The van der Waals surface area contributed by atoms with E-state index in [2.05, 4.69) is 22.2 Å². The summed E-state index contributed by atoms with van der Waals surface area (Å²) in [5, 5.41) is 13.9. The van der Waals surface area contributed by atoms with E-state index in [1.54, 1.807) is 43.0 Å². The summed E-state index contributed by atoms with van der Waals surface area (Å²) in [6.07, 6.45) is 3.41. The van der Waals surface area contributed by atoms with Gasteiger partial charge in [0.05, 0.1) is 13.7 Å². The van der Waals surface area contributed by atoms with Crippen LogP contribution in [0.5, 0.6) is 11.5 Å². The second-order valence-electron chi connectivity index (χ2n) is 7.66. The van der Waals surface area contributed by atoms with Gasteiger partial charge in [-0.3, -0.25) is 14.3 Å². The van der Waals surface area contributed by atoms with Gasteiger partial charge in [0.25, 0.3) is 5.56 Å². The number of hydrogen-bond donors (Lipinski definition) is 3. The molecule has 0 saturated carbocycles. The lowest BCUT2D eigenvalue weighted by Crippen LogP contribution is -2.31. The Bertz CT molecular complexity index is 1130. The Morgan fingerprint density at radius 2 is 1.88 bits per heavy atom. The molecule has 32 heavy (non-hydrogen) atoms. The molecule has 3 rings (SSSR count). The third kappa shape index (κ3) is 5.50. The first-order chi connectivity index (χ1) is 15.4. The number of aromatic nitrogens is 4. The molecule has 3 N–H and O–H groups in total. The summed E-state index contributed by atoms with van der Waals surface area (Å²) in [6, 6.07) is 7.04. The molecule has 10 nitrogen and oxygen atoms in total. The first-order valence-electron chi connectivity index (χ1n) is 10.8. The predicted molar refractivity (Wildman–Crippen MR) is 123 cm³/mol. The monoisotopic (exact) mass is 445 g/mol. The van der Waals surface area contributed by atoms with Crippen LogP contribution in [-0.2, 0) is 13.6 Å².